The molecule has 5 rings (SSSR count). The van der Waals surface area contributed by atoms with Crippen LogP contribution in [-0.2, 0) is 10.0 Å². The van der Waals surface area contributed by atoms with Gasteiger partial charge in [0.05, 0.1) is 28.1 Å². The van der Waals surface area contributed by atoms with E-state index in [1.165, 1.54) is 34.0 Å². The van der Waals surface area contributed by atoms with Crippen LogP contribution in [-0.4, -0.2) is 40.4 Å². The highest BCUT2D eigenvalue weighted by Gasteiger charge is 2.50. The molecule has 1 saturated heterocycles. The fourth-order valence-corrected chi connectivity index (χ4v) is 6.87. The SMILES string of the molecule is C=C=C1CN(S(=O)(=O)c2ccccc2[N+](=O)[O-])[C@H]2C[C@@H]1C(=O)c1c2c2ccccc2n1C(C)=O. The molecular formula is C24H19N3O6S. The van der Waals surface area contributed by atoms with Crippen molar-refractivity contribution in [3.05, 3.63) is 87.8 Å². The number of para-hydroxylation sites is 2. The van der Waals surface area contributed by atoms with Crippen molar-refractivity contribution in [3.8, 4) is 0 Å². The van der Waals surface area contributed by atoms with Gasteiger partial charge in [0.2, 0.25) is 5.91 Å². The van der Waals surface area contributed by atoms with Crippen LogP contribution in [0.15, 0.2) is 71.3 Å². The Morgan fingerprint density at radius 3 is 2.53 bits per heavy atom. The van der Waals surface area contributed by atoms with E-state index in [2.05, 4.69) is 12.3 Å². The topological polar surface area (TPSA) is 120 Å². The Balaban J connectivity index is 1.82. The molecule has 2 aromatic carbocycles. The van der Waals surface area contributed by atoms with Crippen LogP contribution in [0.3, 0.4) is 0 Å². The van der Waals surface area contributed by atoms with Gasteiger partial charge in [-0.3, -0.25) is 24.3 Å². The van der Waals surface area contributed by atoms with Gasteiger partial charge in [0.25, 0.3) is 15.7 Å². The average molecular weight is 477 g/mol. The van der Waals surface area contributed by atoms with Gasteiger partial charge in [0.1, 0.15) is 0 Å². The highest BCUT2D eigenvalue weighted by atomic mass is 32.2. The zero-order valence-corrected chi connectivity index (χ0v) is 18.9. The standard InChI is InChI=1S/C24H19N3O6S/c1-3-15-13-25(34(32,33)21-11-7-6-10-19(21)27(30)31)20-12-17(15)24(29)23-22(20)16-8-4-5-9-18(16)26(23)14(2)28/h4-11,17,20H,1,12-13H2,2H3/t17-,20-/m0/s1. The molecular weight excluding hydrogens is 458 g/mol. The van der Waals surface area contributed by atoms with Crippen molar-refractivity contribution >= 4 is 38.3 Å². The summed E-state index contributed by atoms with van der Waals surface area (Å²) in [6.07, 6.45) is 0.134. The fraction of sp³-hybridized carbons (Fsp3) is 0.208. The number of ketones is 1. The lowest BCUT2D eigenvalue weighted by molar-refractivity contribution is -0.387. The lowest BCUT2D eigenvalue weighted by Gasteiger charge is -2.42. The van der Waals surface area contributed by atoms with Crippen LogP contribution in [0.1, 0.15) is 40.2 Å². The molecule has 0 saturated carbocycles. The number of nitro groups is 1. The first-order valence-electron chi connectivity index (χ1n) is 10.5. The van der Waals surface area contributed by atoms with E-state index in [0.717, 1.165) is 6.07 Å². The zero-order valence-electron chi connectivity index (χ0n) is 18.1. The van der Waals surface area contributed by atoms with Gasteiger partial charge >= 0.3 is 0 Å². The molecule has 1 fully saturated rings. The summed E-state index contributed by atoms with van der Waals surface area (Å²) in [7, 11) is -4.37. The average Bonchev–Trinajstić information content (AvgIpc) is 3.18. The second-order valence-corrected chi connectivity index (χ2v) is 10.1. The predicted molar refractivity (Wildman–Crippen MR) is 123 cm³/mol. The summed E-state index contributed by atoms with van der Waals surface area (Å²) in [5, 5.41) is 12.2. The second-order valence-electron chi connectivity index (χ2n) is 8.28. The number of nitro benzene ring substituents is 1. The van der Waals surface area contributed by atoms with E-state index < -0.39 is 37.5 Å². The number of hydrogen-bond donors (Lipinski definition) is 0. The van der Waals surface area contributed by atoms with E-state index >= 15 is 0 Å². The summed E-state index contributed by atoms with van der Waals surface area (Å²) in [5.74, 6) is -1.34. The number of carbonyl (C=O) groups excluding carboxylic acids is 2. The fourth-order valence-electron chi connectivity index (χ4n) is 5.12. The molecule has 0 radical (unpaired) electrons. The van der Waals surface area contributed by atoms with E-state index in [4.69, 9.17) is 0 Å². The summed E-state index contributed by atoms with van der Waals surface area (Å²) in [4.78, 5) is 36.6. The summed E-state index contributed by atoms with van der Waals surface area (Å²) in [6.45, 7) is 4.80. The number of hydrogen-bond acceptors (Lipinski definition) is 6. The largest absolute Gasteiger partial charge is 0.292 e. The highest BCUT2D eigenvalue weighted by molar-refractivity contribution is 7.89. The van der Waals surface area contributed by atoms with Crippen LogP contribution in [0.5, 0.6) is 0 Å². The Hall–Kier alpha value is -3.85. The number of fused-ring (bicyclic) bond motifs is 6. The van der Waals surface area contributed by atoms with E-state index in [1.807, 2.05) is 0 Å². The maximum Gasteiger partial charge on any atom is 0.289 e. The van der Waals surface area contributed by atoms with Gasteiger partial charge in [-0.15, -0.1) is 5.73 Å². The third-order valence-corrected chi connectivity index (χ3v) is 8.44. The predicted octanol–water partition coefficient (Wildman–Crippen LogP) is 3.87. The molecule has 0 unspecified atom stereocenters. The zero-order chi connectivity index (χ0) is 24.4. The monoisotopic (exact) mass is 477 g/mol. The number of carbonyl (C=O) groups is 2. The Morgan fingerprint density at radius 2 is 1.85 bits per heavy atom. The third kappa shape index (κ3) is 2.93. The van der Waals surface area contributed by atoms with Crippen molar-refractivity contribution in [2.75, 3.05) is 6.54 Å². The quantitative estimate of drug-likeness (QED) is 0.321. The molecule has 2 atom stereocenters. The van der Waals surface area contributed by atoms with Crippen molar-refractivity contribution in [1.29, 1.82) is 0 Å². The molecule has 0 N–H and O–H groups in total. The van der Waals surface area contributed by atoms with Crippen molar-refractivity contribution in [1.82, 2.24) is 8.87 Å². The molecule has 10 heteroatoms. The number of aromatic nitrogens is 1. The lowest BCUT2D eigenvalue weighted by atomic mass is 9.75. The number of piperidine rings is 1. The highest BCUT2D eigenvalue weighted by Crippen LogP contribution is 2.50. The van der Waals surface area contributed by atoms with Gasteiger partial charge < -0.3 is 0 Å². The normalized spacial score (nSPS) is 20.1. The first kappa shape index (κ1) is 22.0. The molecule has 1 aromatic heterocycles. The van der Waals surface area contributed by atoms with Gasteiger partial charge in [-0.2, -0.15) is 4.31 Å². The Bertz CT molecular complexity index is 1580. The van der Waals surface area contributed by atoms with Crippen LogP contribution in [0, 0.1) is 16.0 Å². The minimum atomic E-state index is -4.37. The van der Waals surface area contributed by atoms with E-state index in [9.17, 15) is 28.1 Å². The number of benzene rings is 2. The maximum atomic E-state index is 13.8. The molecule has 3 aromatic rings. The Kier molecular flexibility index (Phi) is 4.91. The number of rotatable bonds is 3. The maximum absolute atomic E-state index is 13.8. The van der Waals surface area contributed by atoms with Crippen molar-refractivity contribution in [2.24, 2.45) is 5.92 Å². The molecule has 172 valence electrons. The van der Waals surface area contributed by atoms with E-state index in [-0.39, 0.29) is 30.3 Å². The Labute approximate surface area is 194 Å². The van der Waals surface area contributed by atoms with Gasteiger partial charge in [-0.05, 0) is 24.1 Å². The summed E-state index contributed by atoms with van der Waals surface area (Å²) >= 11 is 0. The van der Waals surface area contributed by atoms with Gasteiger partial charge in [-0.25, -0.2) is 8.42 Å². The van der Waals surface area contributed by atoms with Crippen LogP contribution in [0.25, 0.3) is 10.9 Å². The van der Waals surface area contributed by atoms with Crippen molar-refractivity contribution in [3.63, 3.8) is 0 Å². The molecule has 1 aliphatic carbocycles. The first-order valence-corrected chi connectivity index (χ1v) is 11.9. The molecule has 9 nitrogen and oxygen atoms in total. The first-order chi connectivity index (χ1) is 16.2. The van der Waals surface area contributed by atoms with Crippen LogP contribution < -0.4 is 0 Å². The number of Topliss-reactive ketones (excluding diaryl/α,β-unsaturated/α-hetero) is 1. The van der Waals surface area contributed by atoms with Crippen LogP contribution in [0.2, 0.25) is 0 Å². The molecule has 34 heavy (non-hydrogen) atoms. The minimum absolute atomic E-state index is 0.134. The summed E-state index contributed by atoms with van der Waals surface area (Å²) in [5.41, 5.74) is 3.63. The van der Waals surface area contributed by atoms with Gasteiger partial charge in [-0.1, -0.05) is 36.9 Å². The second kappa shape index (κ2) is 7.59. The third-order valence-electron chi connectivity index (χ3n) is 6.54. The molecule has 2 bridgehead atoms. The molecule has 2 heterocycles. The summed E-state index contributed by atoms with van der Waals surface area (Å²) < 4.78 is 30.2. The Morgan fingerprint density at radius 1 is 1.18 bits per heavy atom. The molecule has 2 aliphatic rings. The van der Waals surface area contributed by atoms with Gasteiger partial charge in [0, 0.05) is 30.5 Å². The minimum Gasteiger partial charge on any atom is -0.292 e. The lowest BCUT2D eigenvalue weighted by Crippen LogP contribution is -2.47. The van der Waals surface area contributed by atoms with Crippen molar-refractivity contribution < 1.29 is 22.9 Å². The van der Waals surface area contributed by atoms with Crippen molar-refractivity contribution in [2.45, 2.75) is 24.3 Å². The summed E-state index contributed by atoms with van der Waals surface area (Å²) in [6, 6.07) is 11.3. The number of nitrogens with zero attached hydrogens (tertiary/aromatic N) is 3. The van der Waals surface area contributed by atoms with Crippen LogP contribution in [0.4, 0.5) is 5.69 Å². The molecule has 0 spiro atoms. The van der Waals surface area contributed by atoms with Gasteiger partial charge in [0.15, 0.2) is 10.7 Å². The van der Waals surface area contributed by atoms with Crippen LogP contribution >= 0.6 is 0 Å². The van der Waals surface area contributed by atoms with E-state index in [1.54, 1.807) is 24.3 Å². The molecule has 1 aliphatic heterocycles. The molecule has 0 amide bonds. The smallest absolute Gasteiger partial charge is 0.289 e. The van der Waals surface area contributed by atoms with E-state index in [0.29, 0.717) is 22.0 Å². The number of sulfonamides is 1.